The highest BCUT2D eigenvalue weighted by atomic mass is 16.5. The van der Waals surface area contributed by atoms with Gasteiger partial charge in [0, 0.05) is 19.3 Å². The summed E-state index contributed by atoms with van der Waals surface area (Å²) < 4.78 is 6.67. The van der Waals surface area contributed by atoms with E-state index in [1.807, 2.05) is 0 Å². The van der Waals surface area contributed by atoms with Gasteiger partial charge in [-0.15, -0.1) is 0 Å². The van der Waals surface area contributed by atoms with Crippen molar-refractivity contribution in [3.63, 3.8) is 0 Å². The fraction of sp³-hybridized carbons (Fsp3) is 0.500. The van der Waals surface area contributed by atoms with Crippen LogP contribution in [0.1, 0.15) is 10.5 Å². The van der Waals surface area contributed by atoms with Crippen molar-refractivity contribution in [3.05, 3.63) is 24.0 Å². The molecule has 1 aromatic rings. The van der Waals surface area contributed by atoms with E-state index in [0.717, 1.165) is 0 Å². The van der Waals surface area contributed by atoms with Crippen LogP contribution in [0.4, 0.5) is 0 Å². The summed E-state index contributed by atoms with van der Waals surface area (Å²) in [4.78, 5) is 24.6. The number of amides is 1. The summed E-state index contributed by atoms with van der Waals surface area (Å²) in [5, 5.41) is 17.8. The number of hydrogen-bond donors (Lipinski definition) is 2. The molecule has 1 aliphatic heterocycles. The predicted molar refractivity (Wildman–Crippen MR) is 64.8 cm³/mol. The molecule has 7 nitrogen and oxygen atoms in total. The fourth-order valence-electron chi connectivity index (χ4n) is 2.07. The third kappa shape index (κ3) is 3.12. The Morgan fingerprint density at radius 2 is 2.26 bits per heavy atom. The van der Waals surface area contributed by atoms with E-state index in [0.29, 0.717) is 25.4 Å². The Morgan fingerprint density at radius 1 is 1.47 bits per heavy atom. The van der Waals surface area contributed by atoms with E-state index in [9.17, 15) is 9.59 Å². The first-order chi connectivity index (χ1) is 9.11. The number of carbonyl (C=O) groups is 2. The van der Waals surface area contributed by atoms with E-state index >= 15 is 0 Å². The first-order valence-electron chi connectivity index (χ1n) is 6.00. The zero-order chi connectivity index (χ0) is 13.8. The first-order valence-corrected chi connectivity index (χ1v) is 6.00. The zero-order valence-corrected chi connectivity index (χ0v) is 10.4. The van der Waals surface area contributed by atoms with Crippen molar-refractivity contribution in [2.24, 2.45) is 0 Å². The van der Waals surface area contributed by atoms with Gasteiger partial charge in [-0.2, -0.15) is 0 Å². The molecule has 104 valence electrons. The van der Waals surface area contributed by atoms with Gasteiger partial charge in [0.15, 0.2) is 0 Å². The summed E-state index contributed by atoms with van der Waals surface area (Å²) in [6, 6.07) is 3.23. The van der Waals surface area contributed by atoms with Gasteiger partial charge >= 0.3 is 5.97 Å². The molecule has 2 heterocycles. The Balaban J connectivity index is 2.10. The average Bonchev–Trinajstić information content (AvgIpc) is 2.85. The molecule has 19 heavy (non-hydrogen) atoms. The Labute approximate surface area is 110 Å². The highest BCUT2D eigenvalue weighted by Gasteiger charge is 2.26. The average molecular weight is 268 g/mol. The lowest BCUT2D eigenvalue weighted by Gasteiger charge is -2.32. The minimum Gasteiger partial charge on any atom is -0.480 e. The summed E-state index contributed by atoms with van der Waals surface area (Å²) in [6.45, 7) is 0.736. The molecule has 2 rings (SSSR count). The Hall–Kier alpha value is -1.86. The highest BCUT2D eigenvalue weighted by Crippen LogP contribution is 2.11. The maximum absolute atomic E-state index is 12.3. The van der Waals surface area contributed by atoms with Crippen LogP contribution < -0.4 is 0 Å². The lowest BCUT2D eigenvalue weighted by Crippen LogP contribution is -2.47. The number of hydrogen-bond acceptors (Lipinski definition) is 4. The molecule has 0 spiro atoms. The number of rotatable bonds is 4. The second-order valence-electron chi connectivity index (χ2n) is 4.34. The molecule has 0 bridgehead atoms. The minimum absolute atomic E-state index is 0.139. The molecule has 1 fully saturated rings. The van der Waals surface area contributed by atoms with Crippen molar-refractivity contribution < 1.29 is 24.5 Å². The van der Waals surface area contributed by atoms with E-state index in [4.69, 9.17) is 14.9 Å². The summed E-state index contributed by atoms with van der Waals surface area (Å²) in [5.74, 6) is -1.24. The number of aromatic nitrogens is 1. The lowest BCUT2D eigenvalue weighted by molar-refractivity contribution is -0.137. The molecule has 1 atom stereocenters. The number of aliphatic hydroxyl groups is 1. The number of carboxylic acid groups (broad SMARTS) is 1. The number of nitrogens with zero attached hydrogens (tertiary/aromatic N) is 2. The summed E-state index contributed by atoms with van der Waals surface area (Å²) >= 11 is 0. The number of ether oxygens (including phenoxy) is 1. The number of aliphatic carboxylic acids is 1. The quantitative estimate of drug-likeness (QED) is 0.761. The molecule has 0 radical (unpaired) electrons. The van der Waals surface area contributed by atoms with Gasteiger partial charge < -0.3 is 24.4 Å². The molecular weight excluding hydrogens is 252 g/mol. The van der Waals surface area contributed by atoms with Crippen LogP contribution >= 0.6 is 0 Å². The van der Waals surface area contributed by atoms with Gasteiger partial charge in [0.2, 0.25) is 0 Å². The molecular formula is C12H16N2O5. The van der Waals surface area contributed by atoms with Crippen molar-refractivity contribution in [2.45, 2.75) is 12.6 Å². The second kappa shape index (κ2) is 5.85. The molecule has 0 saturated carbocycles. The fourth-order valence-corrected chi connectivity index (χ4v) is 2.07. The standard InChI is InChI=1S/C12H16N2O5/c15-8-9-6-14(4-5-19-9)12(18)10-2-1-3-13(10)7-11(16)17/h1-3,9,15H,4-8H2,(H,16,17). The molecule has 1 aliphatic rings. The predicted octanol–water partition coefficient (Wildman–Crippen LogP) is -0.594. The van der Waals surface area contributed by atoms with Crippen LogP contribution in [-0.4, -0.2) is 64.0 Å². The second-order valence-corrected chi connectivity index (χ2v) is 4.34. The summed E-state index contributed by atoms with van der Waals surface area (Å²) in [7, 11) is 0. The molecule has 1 amide bonds. The topological polar surface area (TPSA) is 92.0 Å². The SMILES string of the molecule is O=C(O)Cn1cccc1C(=O)N1CCOC(CO)C1. The normalized spacial score (nSPS) is 19.4. The van der Waals surface area contributed by atoms with Gasteiger partial charge in [-0.25, -0.2) is 0 Å². The number of carbonyl (C=O) groups excluding carboxylic acids is 1. The summed E-state index contributed by atoms with van der Waals surface area (Å²) in [6.07, 6.45) is 1.19. The highest BCUT2D eigenvalue weighted by molar-refractivity contribution is 5.93. The number of morpholine rings is 1. The smallest absolute Gasteiger partial charge is 0.323 e. The van der Waals surface area contributed by atoms with E-state index in [1.165, 1.54) is 4.57 Å². The van der Waals surface area contributed by atoms with Gasteiger partial charge in [0.1, 0.15) is 12.2 Å². The van der Waals surface area contributed by atoms with Crippen LogP contribution in [0.15, 0.2) is 18.3 Å². The van der Waals surface area contributed by atoms with Gasteiger partial charge in [-0.05, 0) is 12.1 Å². The molecule has 2 N–H and O–H groups in total. The van der Waals surface area contributed by atoms with Crippen molar-refractivity contribution in [1.82, 2.24) is 9.47 Å². The van der Waals surface area contributed by atoms with Gasteiger partial charge in [0.25, 0.3) is 5.91 Å². The number of aliphatic hydroxyl groups excluding tert-OH is 1. The monoisotopic (exact) mass is 268 g/mol. The number of carboxylic acids is 1. The van der Waals surface area contributed by atoms with Crippen molar-refractivity contribution in [3.8, 4) is 0 Å². The molecule has 1 unspecified atom stereocenters. The Bertz CT molecular complexity index is 470. The maximum atomic E-state index is 12.3. The zero-order valence-electron chi connectivity index (χ0n) is 10.4. The Kier molecular flexibility index (Phi) is 4.18. The van der Waals surface area contributed by atoms with Gasteiger partial charge in [-0.1, -0.05) is 0 Å². The minimum atomic E-state index is -1.000. The molecule has 7 heteroatoms. The van der Waals surface area contributed by atoms with E-state index < -0.39 is 5.97 Å². The third-order valence-electron chi connectivity index (χ3n) is 2.98. The van der Waals surface area contributed by atoms with Crippen LogP contribution in [0.25, 0.3) is 0 Å². The van der Waals surface area contributed by atoms with E-state index in [1.54, 1.807) is 23.2 Å². The molecule has 1 aromatic heterocycles. The van der Waals surface area contributed by atoms with E-state index in [-0.39, 0.29) is 25.2 Å². The molecule has 1 saturated heterocycles. The molecule has 0 aromatic carbocycles. The molecule has 0 aliphatic carbocycles. The Morgan fingerprint density at radius 3 is 2.95 bits per heavy atom. The van der Waals surface area contributed by atoms with Crippen LogP contribution in [-0.2, 0) is 16.1 Å². The first kappa shape index (κ1) is 13.6. The lowest BCUT2D eigenvalue weighted by atomic mass is 10.2. The summed E-state index contributed by atoms with van der Waals surface area (Å²) in [5.41, 5.74) is 0.334. The van der Waals surface area contributed by atoms with Gasteiger partial charge in [-0.3, -0.25) is 9.59 Å². The van der Waals surface area contributed by atoms with Crippen molar-refractivity contribution >= 4 is 11.9 Å². The van der Waals surface area contributed by atoms with Crippen LogP contribution in [0.3, 0.4) is 0 Å². The van der Waals surface area contributed by atoms with Crippen LogP contribution in [0.2, 0.25) is 0 Å². The maximum Gasteiger partial charge on any atom is 0.323 e. The van der Waals surface area contributed by atoms with Crippen molar-refractivity contribution in [2.75, 3.05) is 26.3 Å². The van der Waals surface area contributed by atoms with Crippen LogP contribution in [0.5, 0.6) is 0 Å². The van der Waals surface area contributed by atoms with Crippen LogP contribution in [0, 0.1) is 0 Å². The van der Waals surface area contributed by atoms with Gasteiger partial charge in [0.05, 0.1) is 19.3 Å². The van der Waals surface area contributed by atoms with Crippen molar-refractivity contribution in [1.29, 1.82) is 0 Å². The van der Waals surface area contributed by atoms with E-state index in [2.05, 4.69) is 0 Å². The largest absolute Gasteiger partial charge is 0.480 e. The third-order valence-corrected chi connectivity index (χ3v) is 2.98.